The number of hydrogen-bond donors (Lipinski definition) is 0. The van der Waals surface area contributed by atoms with Crippen molar-refractivity contribution in [2.24, 2.45) is 0 Å². The highest BCUT2D eigenvalue weighted by Gasteiger charge is 1.82. The minimum atomic E-state index is 1.32. The lowest BCUT2D eigenvalue weighted by Crippen LogP contribution is -1.70. The van der Waals surface area contributed by atoms with Gasteiger partial charge in [0.15, 0.2) is 0 Å². The molecule has 0 fully saturated rings. The summed E-state index contributed by atoms with van der Waals surface area (Å²) in [5, 5.41) is 0. The molecule has 0 N–H and O–H groups in total. The summed E-state index contributed by atoms with van der Waals surface area (Å²) in [7, 11) is 0. The quantitative estimate of drug-likeness (QED) is 0.192. The van der Waals surface area contributed by atoms with Crippen LogP contribution in [0.4, 0.5) is 0 Å². The van der Waals surface area contributed by atoms with E-state index >= 15 is 0 Å². The van der Waals surface area contributed by atoms with Gasteiger partial charge in [0.2, 0.25) is 0 Å². The van der Waals surface area contributed by atoms with Gasteiger partial charge in [0.25, 0.3) is 0 Å². The molecule has 0 aliphatic carbocycles. The Kier molecular flexibility index (Phi) is 16.3. The molecule has 0 radical (unpaired) electrons. The van der Waals surface area contributed by atoms with Gasteiger partial charge in [-0.05, 0) is 62.3 Å². The minimum Gasteiger partial charge on any atom is -0.0622 e. The maximum Gasteiger partial charge on any atom is -0.0398 e. The molecule has 0 atom stereocenters. The van der Waals surface area contributed by atoms with Crippen LogP contribution in [-0.2, 0) is 0 Å². The molecule has 0 saturated heterocycles. The van der Waals surface area contributed by atoms with Crippen molar-refractivity contribution in [3.8, 4) is 0 Å². The first-order chi connectivity index (χ1) is 18.5. The van der Waals surface area contributed by atoms with Gasteiger partial charge in [-0.2, -0.15) is 0 Å². The third-order valence-electron chi connectivity index (χ3n) is 5.81. The van der Waals surface area contributed by atoms with E-state index in [-0.39, 0.29) is 0 Å². The number of rotatable bonds is 0. The molecular weight excluding hydrogens is 468 g/mol. The Morgan fingerprint density at radius 2 is 0.308 bits per heavy atom. The predicted molar refractivity (Wildman–Crippen MR) is 175 cm³/mol. The summed E-state index contributed by atoms with van der Waals surface area (Å²) < 4.78 is 0. The van der Waals surface area contributed by atoms with Crippen LogP contribution in [0.15, 0.2) is 127 Å². The summed E-state index contributed by atoms with van der Waals surface area (Å²) in [5.41, 5.74) is 12.0. The largest absolute Gasteiger partial charge is 0.0622 e. The highest BCUT2D eigenvalue weighted by atomic mass is 13.9. The SMILES string of the molecule is Cc1ccc(C)cc1.Cc1ccc(C)cc1.Cc1ccc(C)cc1.Cc1ccc(C)cc1.Cc1ccccc1. The van der Waals surface area contributed by atoms with Gasteiger partial charge in [-0.15, -0.1) is 0 Å². The standard InChI is InChI=1S/4C8H10.C7H8/c4*1-7-3-5-8(2)6-4-7;1-7-5-3-2-4-6-7/h4*3-6H,1-2H3;2-6H,1H3. The van der Waals surface area contributed by atoms with Crippen molar-refractivity contribution in [2.45, 2.75) is 62.3 Å². The summed E-state index contributed by atoms with van der Waals surface area (Å²) in [6, 6.07) is 44.2. The first kappa shape index (κ1) is 33.1. The lowest BCUT2D eigenvalue weighted by Gasteiger charge is -1.90. The van der Waals surface area contributed by atoms with E-state index in [1.165, 1.54) is 50.1 Å². The average Bonchev–Trinajstić information content (AvgIpc) is 2.93. The van der Waals surface area contributed by atoms with Gasteiger partial charge in [-0.3, -0.25) is 0 Å². The summed E-state index contributed by atoms with van der Waals surface area (Å²) in [4.78, 5) is 0. The molecule has 0 spiro atoms. The smallest absolute Gasteiger partial charge is 0.0398 e. The van der Waals surface area contributed by atoms with Gasteiger partial charge in [-0.1, -0.05) is 177 Å². The Hall–Kier alpha value is -3.90. The van der Waals surface area contributed by atoms with E-state index < -0.39 is 0 Å². The molecule has 204 valence electrons. The van der Waals surface area contributed by atoms with E-state index in [0.717, 1.165) is 0 Å². The Bertz CT molecular complexity index is 1000. The van der Waals surface area contributed by atoms with Crippen molar-refractivity contribution in [3.63, 3.8) is 0 Å². The molecule has 0 heterocycles. The van der Waals surface area contributed by atoms with E-state index in [1.54, 1.807) is 0 Å². The molecule has 0 aromatic heterocycles. The van der Waals surface area contributed by atoms with Crippen LogP contribution in [0.5, 0.6) is 0 Å². The molecule has 0 unspecified atom stereocenters. The molecule has 0 aliphatic rings. The second kappa shape index (κ2) is 19.2. The van der Waals surface area contributed by atoms with Crippen LogP contribution in [0.25, 0.3) is 0 Å². The lowest BCUT2D eigenvalue weighted by molar-refractivity contribution is 1.40. The molecular formula is C39H48. The van der Waals surface area contributed by atoms with E-state index in [9.17, 15) is 0 Å². The van der Waals surface area contributed by atoms with E-state index in [2.05, 4.69) is 172 Å². The summed E-state index contributed by atoms with van der Waals surface area (Å²) in [6.45, 7) is 18.9. The van der Waals surface area contributed by atoms with Crippen molar-refractivity contribution in [3.05, 3.63) is 177 Å². The zero-order chi connectivity index (χ0) is 29.0. The zero-order valence-electron chi connectivity index (χ0n) is 25.6. The van der Waals surface area contributed by atoms with Crippen molar-refractivity contribution < 1.29 is 0 Å². The summed E-state index contributed by atoms with van der Waals surface area (Å²) in [5.74, 6) is 0. The van der Waals surface area contributed by atoms with E-state index in [0.29, 0.717) is 0 Å². The highest BCUT2D eigenvalue weighted by Crippen LogP contribution is 2.01. The van der Waals surface area contributed by atoms with Crippen LogP contribution in [0, 0.1) is 62.3 Å². The van der Waals surface area contributed by atoms with Crippen LogP contribution in [0.2, 0.25) is 0 Å². The molecule has 0 saturated carbocycles. The lowest BCUT2D eigenvalue weighted by atomic mass is 10.2. The topological polar surface area (TPSA) is 0 Å². The van der Waals surface area contributed by atoms with Crippen LogP contribution >= 0.6 is 0 Å². The fourth-order valence-corrected chi connectivity index (χ4v) is 3.08. The summed E-state index contributed by atoms with van der Waals surface area (Å²) in [6.07, 6.45) is 0. The van der Waals surface area contributed by atoms with Gasteiger partial charge < -0.3 is 0 Å². The van der Waals surface area contributed by atoms with Gasteiger partial charge >= 0.3 is 0 Å². The highest BCUT2D eigenvalue weighted by molar-refractivity contribution is 5.21. The van der Waals surface area contributed by atoms with Gasteiger partial charge in [0.05, 0.1) is 0 Å². The molecule has 0 amide bonds. The molecule has 5 aromatic carbocycles. The summed E-state index contributed by atoms with van der Waals surface area (Å²) >= 11 is 0. The van der Waals surface area contributed by atoms with Gasteiger partial charge in [0, 0.05) is 0 Å². The van der Waals surface area contributed by atoms with Gasteiger partial charge in [-0.25, -0.2) is 0 Å². The van der Waals surface area contributed by atoms with Crippen molar-refractivity contribution in [2.75, 3.05) is 0 Å². The first-order valence-electron chi connectivity index (χ1n) is 13.7. The molecule has 0 bridgehead atoms. The third-order valence-corrected chi connectivity index (χ3v) is 5.81. The van der Waals surface area contributed by atoms with Crippen LogP contribution in [0.3, 0.4) is 0 Å². The van der Waals surface area contributed by atoms with Gasteiger partial charge in [0.1, 0.15) is 0 Å². The third kappa shape index (κ3) is 18.1. The fourth-order valence-electron chi connectivity index (χ4n) is 3.08. The van der Waals surface area contributed by atoms with Crippen molar-refractivity contribution >= 4 is 0 Å². The molecule has 39 heavy (non-hydrogen) atoms. The fraction of sp³-hybridized carbons (Fsp3) is 0.231. The monoisotopic (exact) mass is 516 g/mol. The molecule has 5 aromatic rings. The average molecular weight is 517 g/mol. The van der Waals surface area contributed by atoms with Crippen LogP contribution < -0.4 is 0 Å². The Morgan fingerprint density at radius 1 is 0.179 bits per heavy atom. The Labute approximate surface area is 239 Å². The van der Waals surface area contributed by atoms with Crippen molar-refractivity contribution in [1.29, 1.82) is 0 Å². The van der Waals surface area contributed by atoms with E-state index in [1.807, 2.05) is 18.2 Å². The second-order valence-electron chi connectivity index (χ2n) is 10.3. The molecule has 0 nitrogen and oxygen atoms in total. The maximum absolute atomic E-state index is 2.12. The normalized spacial score (nSPS) is 9.15. The molecule has 5 rings (SSSR count). The second-order valence-corrected chi connectivity index (χ2v) is 10.3. The number of aryl methyl sites for hydroxylation is 9. The molecule has 0 aliphatic heterocycles. The Morgan fingerprint density at radius 3 is 0.410 bits per heavy atom. The minimum absolute atomic E-state index is 1.32. The van der Waals surface area contributed by atoms with Crippen LogP contribution in [0.1, 0.15) is 50.1 Å². The maximum atomic E-state index is 2.12. The Balaban J connectivity index is 0.000000244. The number of benzene rings is 5. The van der Waals surface area contributed by atoms with Crippen molar-refractivity contribution in [1.82, 2.24) is 0 Å². The zero-order valence-corrected chi connectivity index (χ0v) is 25.6. The number of hydrogen-bond acceptors (Lipinski definition) is 0. The van der Waals surface area contributed by atoms with Crippen LogP contribution in [-0.4, -0.2) is 0 Å². The first-order valence-corrected chi connectivity index (χ1v) is 13.7. The predicted octanol–water partition coefficient (Wildman–Crippen LogP) is 11.2. The molecule has 0 heteroatoms. The van der Waals surface area contributed by atoms with E-state index in [4.69, 9.17) is 0 Å².